The van der Waals surface area contributed by atoms with Gasteiger partial charge in [0.1, 0.15) is 35.9 Å². The summed E-state index contributed by atoms with van der Waals surface area (Å²) in [6.07, 6.45) is 13.2. The fourth-order valence-electron chi connectivity index (χ4n) is 10.6. The second kappa shape index (κ2) is 25.2. The molecule has 10 rings (SSSR count). The maximum absolute atomic E-state index is 13.6. The van der Waals surface area contributed by atoms with Gasteiger partial charge in [-0.2, -0.15) is 0 Å². The third-order valence-electron chi connectivity index (χ3n) is 15.2. The predicted octanol–water partition coefficient (Wildman–Crippen LogP) is 11.6. The van der Waals surface area contributed by atoms with Crippen LogP contribution in [0.15, 0.2) is 73.3 Å². The number of likely N-dealkylation sites (N-methyl/N-ethyl adjacent to an activating group) is 1. The fraction of sp³-hybridized carbons (Fsp3) is 0.464. The van der Waals surface area contributed by atoms with Crippen molar-refractivity contribution in [2.24, 2.45) is 0 Å². The van der Waals surface area contributed by atoms with E-state index in [-0.39, 0.29) is 46.4 Å². The number of hydrogen-bond donors (Lipinski definition) is 2. The van der Waals surface area contributed by atoms with E-state index in [9.17, 15) is 18.4 Å². The smallest absolute Gasteiger partial charge is 0.320 e. The van der Waals surface area contributed by atoms with Gasteiger partial charge in [0.2, 0.25) is 0 Å². The summed E-state index contributed by atoms with van der Waals surface area (Å²) >= 11 is 11.9. The van der Waals surface area contributed by atoms with Crippen molar-refractivity contribution in [2.75, 3.05) is 85.3 Å². The van der Waals surface area contributed by atoms with Crippen molar-refractivity contribution in [2.45, 2.75) is 94.9 Å². The van der Waals surface area contributed by atoms with Crippen LogP contribution in [0.3, 0.4) is 0 Å². The summed E-state index contributed by atoms with van der Waals surface area (Å²) < 4.78 is 51.3. The number of amides is 4. The van der Waals surface area contributed by atoms with Crippen molar-refractivity contribution in [1.29, 1.82) is 0 Å². The van der Waals surface area contributed by atoms with Crippen LogP contribution >= 0.6 is 23.2 Å². The molecule has 2 aliphatic carbocycles. The Morgan fingerprint density at radius 3 is 1.38 bits per heavy atom. The molecule has 0 bridgehead atoms. The van der Waals surface area contributed by atoms with Gasteiger partial charge in [0, 0.05) is 99.7 Å². The molecule has 21 heteroatoms. The molecule has 77 heavy (non-hydrogen) atoms. The molecular weight excluding hydrogens is 1030 g/mol. The van der Waals surface area contributed by atoms with E-state index >= 15 is 0 Å². The van der Waals surface area contributed by atoms with Gasteiger partial charge >= 0.3 is 12.1 Å². The summed E-state index contributed by atoms with van der Waals surface area (Å²) in [7, 11) is 9.14. The Balaban J connectivity index is 0.000000188. The first-order chi connectivity index (χ1) is 37.2. The molecule has 2 aromatic heterocycles. The number of carbonyl (C=O) groups excluding carboxylic acids is 2. The summed E-state index contributed by atoms with van der Waals surface area (Å²) in [5, 5.41) is 7.92. The van der Waals surface area contributed by atoms with Crippen LogP contribution in [0.1, 0.15) is 70.6 Å². The van der Waals surface area contributed by atoms with Crippen LogP contribution in [-0.4, -0.2) is 155 Å². The van der Waals surface area contributed by atoms with Crippen LogP contribution in [0.4, 0.5) is 41.4 Å². The van der Waals surface area contributed by atoms with Gasteiger partial charge in [0.25, 0.3) is 0 Å². The van der Waals surface area contributed by atoms with Gasteiger partial charge in [-0.25, -0.2) is 38.3 Å². The lowest BCUT2D eigenvalue weighted by Gasteiger charge is -2.39. The van der Waals surface area contributed by atoms with Crippen LogP contribution < -0.4 is 29.6 Å². The lowest BCUT2D eigenvalue weighted by Crippen LogP contribution is -2.53. The zero-order valence-electron chi connectivity index (χ0n) is 44.2. The van der Waals surface area contributed by atoms with Crippen molar-refractivity contribution in [1.82, 2.24) is 44.4 Å². The summed E-state index contributed by atoms with van der Waals surface area (Å²) in [5.41, 5.74) is 2.57. The van der Waals surface area contributed by atoms with Crippen LogP contribution in [0.25, 0.3) is 21.8 Å². The van der Waals surface area contributed by atoms with Crippen LogP contribution in [0.5, 0.6) is 23.0 Å². The Morgan fingerprint density at radius 1 is 0.558 bits per heavy atom. The number of fused-ring (bicyclic) bond motifs is 2. The van der Waals surface area contributed by atoms with Crippen LogP contribution in [-0.2, 0) is 0 Å². The second-order valence-electron chi connectivity index (χ2n) is 20.2. The Hall–Kier alpha value is -6.70. The zero-order chi connectivity index (χ0) is 54.2. The molecule has 2 saturated carbocycles. The van der Waals surface area contributed by atoms with Gasteiger partial charge in [-0.15, -0.1) is 0 Å². The Labute approximate surface area is 458 Å². The number of urea groups is 2. The Morgan fingerprint density at radius 2 is 0.974 bits per heavy atom. The van der Waals surface area contributed by atoms with E-state index in [1.807, 2.05) is 58.0 Å². The summed E-state index contributed by atoms with van der Waals surface area (Å²) in [6, 6.07) is 16.9. The highest BCUT2D eigenvalue weighted by Gasteiger charge is 2.33. The van der Waals surface area contributed by atoms with Crippen molar-refractivity contribution in [3.05, 3.63) is 95.0 Å². The van der Waals surface area contributed by atoms with Gasteiger partial charge in [-0.05, 0) is 126 Å². The first-order valence-corrected chi connectivity index (χ1v) is 27.2. The molecule has 410 valence electrons. The maximum atomic E-state index is 13.6. The van der Waals surface area contributed by atoms with Gasteiger partial charge < -0.3 is 54.1 Å². The first-order valence-electron chi connectivity index (χ1n) is 26.4. The van der Waals surface area contributed by atoms with Crippen LogP contribution in [0, 0.1) is 11.6 Å². The van der Waals surface area contributed by atoms with E-state index < -0.39 is 11.6 Å². The van der Waals surface area contributed by atoms with Crippen LogP contribution in [0.2, 0.25) is 10.0 Å². The molecule has 4 fully saturated rings. The van der Waals surface area contributed by atoms with Crippen molar-refractivity contribution in [3.8, 4) is 23.0 Å². The number of likely N-dealkylation sites (tertiary alicyclic amines) is 1. The molecule has 2 saturated heterocycles. The molecular formula is C56H67Cl2F2N11O6. The predicted molar refractivity (Wildman–Crippen MR) is 296 cm³/mol. The fourth-order valence-corrected chi connectivity index (χ4v) is 10.9. The maximum Gasteiger partial charge on any atom is 0.320 e. The number of rotatable bonds is 12. The van der Waals surface area contributed by atoms with Gasteiger partial charge in [-0.1, -0.05) is 23.2 Å². The number of halogens is 4. The Bertz CT molecular complexity index is 3020. The average molecular weight is 1100 g/mol. The number of carbonyl (C=O) groups is 2. The van der Waals surface area contributed by atoms with Gasteiger partial charge in [0.05, 0.1) is 47.5 Å². The highest BCUT2D eigenvalue weighted by Crippen LogP contribution is 2.40. The normalized spacial score (nSPS) is 19.9. The second-order valence-corrected chi connectivity index (χ2v) is 21.0. The van der Waals surface area contributed by atoms with E-state index in [0.29, 0.717) is 57.0 Å². The minimum atomic E-state index is -0.486. The first kappa shape index (κ1) is 55.1. The molecule has 2 aliphatic heterocycles. The van der Waals surface area contributed by atoms with E-state index in [2.05, 4.69) is 42.5 Å². The number of aromatic nitrogens is 4. The van der Waals surface area contributed by atoms with Gasteiger partial charge in [0.15, 0.2) is 23.0 Å². The minimum absolute atomic E-state index is 0.00307. The number of nitrogens with one attached hydrogen (secondary N) is 2. The third-order valence-corrected chi connectivity index (χ3v) is 15.8. The number of methoxy groups -OCH3 is 2. The van der Waals surface area contributed by atoms with Gasteiger partial charge in [-0.3, -0.25) is 0 Å². The number of ether oxygens (including phenoxy) is 4. The lowest BCUT2D eigenvalue weighted by atomic mass is 9.92. The number of piperidine rings is 1. The monoisotopic (exact) mass is 1100 g/mol. The SMILES string of the molecule is COc1cc2ncnc(Nc3ccc(F)c(Cl)c3)c2cc1O[C@H]1CC[C@@H](N(C)C(=O)N2CCCCC2)CC1.COc1cc2ncnc(Nc3ccc(F)c(Cl)c3)c2cc1O[C@H]1CC[C@@H](N(C)C(=O)N2CCN(C)CC2)CC1. The molecule has 0 radical (unpaired) electrons. The number of anilines is 4. The molecule has 2 N–H and O–H groups in total. The summed E-state index contributed by atoms with van der Waals surface area (Å²) in [4.78, 5) is 53.5. The zero-order valence-corrected chi connectivity index (χ0v) is 45.8. The number of benzene rings is 4. The molecule has 17 nitrogen and oxygen atoms in total. The molecule has 4 amide bonds. The number of nitrogens with zero attached hydrogens (tertiary/aromatic N) is 9. The molecule has 0 unspecified atom stereocenters. The largest absolute Gasteiger partial charge is 0.493 e. The van der Waals surface area contributed by atoms with E-state index in [4.69, 9.17) is 42.1 Å². The molecule has 0 atom stereocenters. The average Bonchev–Trinajstić information content (AvgIpc) is 3.46. The van der Waals surface area contributed by atoms with E-state index in [1.165, 1.54) is 43.3 Å². The van der Waals surface area contributed by atoms with Crippen molar-refractivity contribution >= 4 is 80.1 Å². The quantitative estimate of drug-likeness (QED) is 0.119. The summed E-state index contributed by atoms with van der Waals surface area (Å²) in [6.45, 7) is 5.08. The molecule has 4 aliphatic rings. The number of piperazine rings is 1. The topological polar surface area (TPSA) is 163 Å². The van der Waals surface area contributed by atoms with E-state index in [0.717, 1.165) is 114 Å². The standard InChI is InChI=1S/C28H34ClFN6O3.C28H33ClFN5O3/c1-34-10-12-36(13-11-34)28(37)35(2)19-5-7-20(8-6-19)39-26-15-21-24(16-25(26)38-3)31-17-32-27(21)33-18-4-9-23(30)22(29)14-18;1-34(28(36)35-12-4-3-5-13-35)19-7-9-20(10-8-19)38-26-15-21-24(16-25(26)37-2)31-17-32-27(21)33-18-6-11-23(30)22(29)14-18/h4,9,14-17,19-20H,5-8,10-13H2,1-3H3,(H,31,32,33);6,11,14-17,19-20H,3-5,7-10,12-13H2,1-2H3,(H,31,32,33)/t2*19-,20+. The minimum Gasteiger partial charge on any atom is -0.493 e. The molecule has 4 heterocycles. The van der Waals surface area contributed by atoms with Crippen molar-refractivity contribution in [3.63, 3.8) is 0 Å². The molecule has 6 aromatic rings. The third kappa shape index (κ3) is 13.4. The number of hydrogen-bond acceptors (Lipinski definition) is 13. The summed E-state index contributed by atoms with van der Waals surface area (Å²) in [5.74, 6) is 2.51. The molecule has 0 spiro atoms. The highest BCUT2D eigenvalue weighted by atomic mass is 35.5. The highest BCUT2D eigenvalue weighted by molar-refractivity contribution is 6.31. The van der Waals surface area contributed by atoms with Crippen molar-refractivity contribution < 1.29 is 37.3 Å². The lowest BCUT2D eigenvalue weighted by molar-refractivity contribution is 0.0845. The van der Waals surface area contributed by atoms with E-state index in [1.54, 1.807) is 26.4 Å². The molecule has 4 aromatic carbocycles. The Kier molecular flexibility index (Phi) is 18.0.